The van der Waals surface area contributed by atoms with Crippen LogP contribution in [-0.2, 0) is 14.3 Å². The van der Waals surface area contributed by atoms with E-state index in [1.807, 2.05) is 19.0 Å². The van der Waals surface area contributed by atoms with E-state index < -0.39 is 0 Å². The zero-order valence-electron chi connectivity index (χ0n) is 38.1. The Hall–Kier alpha value is -1.86. The first-order valence-electron chi connectivity index (χ1n) is 24.2. The van der Waals surface area contributed by atoms with Crippen molar-refractivity contribution in [2.75, 3.05) is 60.0 Å². The number of carbonyl (C=O) groups is 2. The molecule has 56 heavy (non-hydrogen) atoms. The molecule has 0 radical (unpaired) electrons. The van der Waals surface area contributed by atoms with E-state index in [1.54, 1.807) is 0 Å². The van der Waals surface area contributed by atoms with Crippen LogP contribution < -0.4 is 5.32 Å². The first-order chi connectivity index (χ1) is 27.4. The van der Waals surface area contributed by atoms with Crippen LogP contribution in [-0.4, -0.2) is 81.9 Å². The maximum atomic E-state index is 13.0. The van der Waals surface area contributed by atoms with Crippen molar-refractivity contribution in [3.8, 4) is 0 Å². The number of esters is 1. The second-order valence-electron chi connectivity index (χ2n) is 16.7. The highest BCUT2D eigenvalue weighted by molar-refractivity contribution is 5.72. The molecule has 0 aromatic heterocycles. The van der Waals surface area contributed by atoms with Gasteiger partial charge in [-0.1, -0.05) is 173 Å². The molecule has 0 rings (SSSR count). The molecule has 0 aromatic rings. The Kier molecular flexibility index (Phi) is 42.8. The van der Waals surface area contributed by atoms with Crippen molar-refractivity contribution in [1.29, 1.82) is 0 Å². The Morgan fingerprint density at radius 2 is 0.964 bits per heavy atom. The number of rotatable bonds is 43. The molecule has 1 unspecified atom stereocenters. The van der Waals surface area contributed by atoms with Crippen molar-refractivity contribution >= 4 is 12.1 Å². The lowest BCUT2D eigenvalue weighted by molar-refractivity contribution is -0.149. The van der Waals surface area contributed by atoms with Gasteiger partial charge in [0.2, 0.25) is 0 Å². The SMILES string of the molecule is CCCCC/C=C\C/C=C\CCCCCCCCN(CCCCCCCCOC(=O)C(CCCCCC)CCCCCCCC)CCOC(=O)NCCN(C)C. The van der Waals surface area contributed by atoms with Crippen LogP contribution in [0.1, 0.15) is 213 Å². The standard InChI is InChI=1S/C49H95N3O4/c1-6-9-12-15-17-18-19-20-21-22-23-24-25-26-30-35-41-52(44-46-56-49(54)50-40-43-51(4)5)42-36-31-27-28-32-37-45-55-48(53)47(38-33-14-11-8-3)39-34-29-16-13-10-7-2/h17-18,20-21,47H,6-16,19,22-46H2,1-5H3,(H,50,54)/b18-17-,21-20-. The van der Waals surface area contributed by atoms with Gasteiger partial charge >= 0.3 is 12.1 Å². The molecule has 0 aliphatic heterocycles. The van der Waals surface area contributed by atoms with Crippen molar-refractivity contribution in [2.24, 2.45) is 5.92 Å². The molecule has 0 saturated carbocycles. The van der Waals surface area contributed by atoms with Crippen LogP contribution in [0.5, 0.6) is 0 Å². The molecule has 0 saturated heterocycles. The lowest BCUT2D eigenvalue weighted by Gasteiger charge is -2.22. The molecule has 7 nitrogen and oxygen atoms in total. The fourth-order valence-electron chi connectivity index (χ4n) is 7.16. The molecular formula is C49H95N3O4. The van der Waals surface area contributed by atoms with Gasteiger partial charge in [0.25, 0.3) is 0 Å². The quantitative estimate of drug-likeness (QED) is 0.0377. The molecule has 1 amide bonds. The third kappa shape index (κ3) is 40.3. The van der Waals surface area contributed by atoms with Gasteiger partial charge in [0, 0.05) is 19.6 Å². The van der Waals surface area contributed by atoms with Crippen molar-refractivity contribution in [2.45, 2.75) is 213 Å². The highest BCUT2D eigenvalue weighted by Gasteiger charge is 2.19. The summed E-state index contributed by atoms with van der Waals surface area (Å²) in [5, 5.41) is 2.85. The van der Waals surface area contributed by atoms with Crippen LogP contribution in [0, 0.1) is 5.92 Å². The van der Waals surface area contributed by atoms with Crippen LogP contribution >= 0.6 is 0 Å². The molecule has 1 N–H and O–H groups in total. The van der Waals surface area contributed by atoms with Crippen molar-refractivity contribution < 1.29 is 19.1 Å². The number of alkyl carbamates (subject to hydrolysis) is 1. The van der Waals surface area contributed by atoms with Gasteiger partial charge in [-0.2, -0.15) is 0 Å². The van der Waals surface area contributed by atoms with Crippen LogP contribution in [0.2, 0.25) is 0 Å². The largest absolute Gasteiger partial charge is 0.465 e. The highest BCUT2D eigenvalue weighted by Crippen LogP contribution is 2.21. The number of amides is 1. The Morgan fingerprint density at radius 1 is 0.500 bits per heavy atom. The maximum Gasteiger partial charge on any atom is 0.407 e. The summed E-state index contributed by atoms with van der Waals surface area (Å²) in [6.45, 7) is 12.1. The Bertz CT molecular complexity index is 893. The molecular weight excluding hydrogens is 695 g/mol. The van der Waals surface area contributed by atoms with Crippen LogP contribution in [0.3, 0.4) is 0 Å². The molecule has 0 spiro atoms. The molecule has 0 bridgehead atoms. The monoisotopic (exact) mass is 790 g/mol. The predicted molar refractivity (Wildman–Crippen MR) is 243 cm³/mol. The van der Waals surface area contributed by atoms with E-state index in [0.29, 0.717) is 19.8 Å². The zero-order chi connectivity index (χ0) is 41.0. The first-order valence-corrected chi connectivity index (χ1v) is 24.2. The summed E-state index contributed by atoms with van der Waals surface area (Å²) in [6, 6.07) is 0. The zero-order valence-corrected chi connectivity index (χ0v) is 38.1. The molecule has 330 valence electrons. The minimum atomic E-state index is -0.313. The number of likely N-dealkylation sites (N-methyl/N-ethyl adjacent to an activating group) is 1. The van der Waals surface area contributed by atoms with E-state index in [9.17, 15) is 9.59 Å². The van der Waals surface area contributed by atoms with Gasteiger partial charge in [0.05, 0.1) is 12.5 Å². The molecule has 0 aromatic carbocycles. The predicted octanol–water partition coefficient (Wildman–Crippen LogP) is 13.6. The van der Waals surface area contributed by atoms with Crippen molar-refractivity contribution in [3.05, 3.63) is 24.3 Å². The summed E-state index contributed by atoms with van der Waals surface area (Å²) in [7, 11) is 4.00. The lowest BCUT2D eigenvalue weighted by atomic mass is 9.94. The van der Waals surface area contributed by atoms with Gasteiger partial charge in [-0.3, -0.25) is 9.69 Å². The summed E-state index contributed by atoms with van der Waals surface area (Å²) in [5.74, 6) is 0.156. The number of allylic oxidation sites excluding steroid dienone is 4. The maximum absolute atomic E-state index is 13.0. The molecule has 0 aliphatic rings. The minimum Gasteiger partial charge on any atom is -0.465 e. The normalized spacial score (nSPS) is 12.4. The third-order valence-electron chi connectivity index (χ3n) is 10.9. The number of hydrogen-bond acceptors (Lipinski definition) is 6. The number of ether oxygens (including phenoxy) is 2. The average Bonchev–Trinajstić information content (AvgIpc) is 3.18. The Morgan fingerprint density at radius 3 is 1.54 bits per heavy atom. The summed E-state index contributed by atoms with van der Waals surface area (Å²) in [5.41, 5.74) is 0. The summed E-state index contributed by atoms with van der Waals surface area (Å²) in [6.07, 6.45) is 45.6. The van der Waals surface area contributed by atoms with E-state index in [2.05, 4.69) is 55.3 Å². The van der Waals surface area contributed by atoms with Crippen molar-refractivity contribution in [3.63, 3.8) is 0 Å². The molecule has 7 heteroatoms. The van der Waals surface area contributed by atoms with Crippen molar-refractivity contribution in [1.82, 2.24) is 15.1 Å². The van der Waals surface area contributed by atoms with Gasteiger partial charge in [0.1, 0.15) is 6.61 Å². The summed E-state index contributed by atoms with van der Waals surface area (Å²) < 4.78 is 11.3. The topological polar surface area (TPSA) is 71.1 Å². The van der Waals surface area contributed by atoms with E-state index >= 15 is 0 Å². The number of carbonyl (C=O) groups excluding carboxylic acids is 2. The third-order valence-corrected chi connectivity index (χ3v) is 10.9. The second-order valence-corrected chi connectivity index (χ2v) is 16.7. The Balaban J connectivity index is 4.34. The summed E-state index contributed by atoms with van der Waals surface area (Å²) >= 11 is 0. The first kappa shape index (κ1) is 54.1. The smallest absolute Gasteiger partial charge is 0.407 e. The van der Waals surface area contributed by atoms with Crippen LogP contribution in [0.4, 0.5) is 4.79 Å². The van der Waals surface area contributed by atoms with E-state index in [-0.39, 0.29) is 18.0 Å². The number of nitrogens with one attached hydrogen (secondary N) is 1. The fraction of sp³-hybridized carbons (Fsp3) is 0.878. The van der Waals surface area contributed by atoms with Gasteiger partial charge in [-0.05, 0) is 91.4 Å². The van der Waals surface area contributed by atoms with Gasteiger partial charge in [0.15, 0.2) is 0 Å². The van der Waals surface area contributed by atoms with Gasteiger partial charge in [-0.15, -0.1) is 0 Å². The Labute approximate surface area is 348 Å². The van der Waals surface area contributed by atoms with Gasteiger partial charge in [-0.25, -0.2) is 4.79 Å². The molecule has 0 fully saturated rings. The van der Waals surface area contributed by atoms with Crippen LogP contribution in [0.25, 0.3) is 0 Å². The second kappa shape index (κ2) is 44.2. The number of hydrogen-bond donors (Lipinski definition) is 1. The van der Waals surface area contributed by atoms with E-state index in [0.717, 1.165) is 71.1 Å². The van der Waals surface area contributed by atoms with E-state index in [1.165, 1.54) is 148 Å². The minimum absolute atomic E-state index is 0.0602. The van der Waals surface area contributed by atoms with E-state index in [4.69, 9.17) is 9.47 Å². The molecule has 0 aliphatic carbocycles. The average molecular weight is 790 g/mol. The lowest BCUT2D eigenvalue weighted by Crippen LogP contribution is -2.35. The number of unbranched alkanes of at least 4 members (excludes halogenated alkanes) is 22. The highest BCUT2D eigenvalue weighted by atomic mass is 16.5. The number of nitrogens with zero attached hydrogens (tertiary/aromatic N) is 2. The van der Waals surface area contributed by atoms with Gasteiger partial charge < -0.3 is 19.7 Å². The molecule has 1 atom stereocenters. The molecule has 0 heterocycles. The van der Waals surface area contributed by atoms with Crippen LogP contribution in [0.15, 0.2) is 24.3 Å². The summed E-state index contributed by atoms with van der Waals surface area (Å²) in [4.78, 5) is 29.7. The fourth-order valence-corrected chi connectivity index (χ4v) is 7.16.